The Morgan fingerprint density at radius 2 is 2.00 bits per heavy atom. The zero-order valence-electron chi connectivity index (χ0n) is 12.0. The molecule has 1 rings (SSSR count). The highest BCUT2D eigenvalue weighted by atomic mass is 16.3. The van der Waals surface area contributed by atoms with Crippen LogP contribution in [0.1, 0.15) is 65.2 Å². The van der Waals surface area contributed by atoms with E-state index in [1.165, 1.54) is 25.7 Å². The van der Waals surface area contributed by atoms with Gasteiger partial charge in [-0.05, 0) is 25.2 Å². The van der Waals surface area contributed by atoms with Gasteiger partial charge in [-0.25, -0.2) is 0 Å². The van der Waals surface area contributed by atoms with Crippen molar-refractivity contribution in [3.8, 4) is 0 Å². The van der Waals surface area contributed by atoms with E-state index in [1.807, 2.05) is 6.92 Å². The molecular formula is C15H29NO2. The molecule has 0 bridgehead atoms. The van der Waals surface area contributed by atoms with E-state index in [2.05, 4.69) is 12.2 Å². The van der Waals surface area contributed by atoms with Crippen molar-refractivity contribution in [1.29, 1.82) is 0 Å². The number of rotatable bonds is 8. The minimum absolute atomic E-state index is 0.138. The summed E-state index contributed by atoms with van der Waals surface area (Å²) in [4.78, 5) is 12.0. The van der Waals surface area contributed by atoms with E-state index in [4.69, 9.17) is 0 Å². The molecule has 3 nitrogen and oxygen atoms in total. The highest BCUT2D eigenvalue weighted by Crippen LogP contribution is 2.31. The van der Waals surface area contributed by atoms with E-state index in [-0.39, 0.29) is 17.9 Å². The van der Waals surface area contributed by atoms with Gasteiger partial charge in [0.2, 0.25) is 5.91 Å². The molecule has 106 valence electrons. The fraction of sp³-hybridized carbons (Fsp3) is 0.933. The highest BCUT2D eigenvalue weighted by Gasteiger charge is 2.23. The van der Waals surface area contributed by atoms with Crippen LogP contribution in [0.2, 0.25) is 0 Å². The minimum Gasteiger partial charge on any atom is -0.391 e. The number of hydrogen-bond acceptors (Lipinski definition) is 2. The summed E-state index contributed by atoms with van der Waals surface area (Å²) in [6.45, 7) is 4.54. The summed E-state index contributed by atoms with van der Waals surface area (Å²) in [6.07, 6.45) is 8.53. The van der Waals surface area contributed by atoms with Gasteiger partial charge in [0.1, 0.15) is 0 Å². The summed E-state index contributed by atoms with van der Waals surface area (Å²) in [6, 6.07) is 0. The second-order valence-electron chi connectivity index (χ2n) is 5.68. The molecule has 0 aliphatic heterocycles. The van der Waals surface area contributed by atoms with Crippen molar-refractivity contribution in [2.24, 2.45) is 11.8 Å². The molecule has 1 saturated carbocycles. The molecule has 1 aliphatic rings. The zero-order chi connectivity index (χ0) is 13.4. The Labute approximate surface area is 111 Å². The highest BCUT2D eigenvalue weighted by molar-refractivity contribution is 5.78. The molecule has 0 aromatic carbocycles. The van der Waals surface area contributed by atoms with E-state index in [9.17, 15) is 9.90 Å². The van der Waals surface area contributed by atoms with Crippen LogP contribution < -0.4 is 5.32 Å². The fourth-order valence-electron chi connectivity index (χ4n) is 2.91. The van der Waals surface area contributed by atoms with E-state index in [0.717, 1.165) is 31.6 Å². The maximum absolute atomic E-state index is 12.0. The third-order valence-corrected chi connectivity index (χ3v) is 4.09. The normalized spacial score (nSPS) is 19.7. The fourth-order valence-corrected chi connectivity index (χ4v) is 2.91. The van der Waals surface area contributed by atoms with Gasteiger partial charge >= 0.3 is 0 Å². The first-order valence-corrected chi connectivity index (χ1v) is 7.63. The molecule has 1 fully saturated rings. The Bertz CT molecular complexity index is 237. The summed E-state index contributed by atoms with van der Waals surface area (Å²) in [5.41, 5.74) is 0. The maximum atomic E-state index is 12.0. The van der Waals surface area contributed by atoms with E-state index in [1.54, 1.807) is 0 Å². The molecule has 2 atom stereocenters. The van der Waals surface area contributed by atoms with Gasteiger partial charge in [-0.2, -0.15) is 0 Å². The van der Waals surface area contributed by atoms with Crippen molar-refractivity contribution in [3.05, 3.63) is 0 Å². The van der Waals surface area contributed by atoms with Crippen LogP contribution in [0.25, 0.3) is 0 Å². The summed E-state index contributed by atoms with van der Waals surface area (Å²) >= 11 is 0. The van der Waals surface area contributed by atoms with Gasteiger partial charge in [-0.1, -0.05) is 46.0 Å². The van der Waals surface area contributed by atoms with Gasteiger partial charge in [0, 0.05) is 12.5 Å². The largest absolute Gasteiger partial charge is 0.391 e. The number of amides is 1. The maximum Gasteiger partial charge on any atom is 0.223 e. The second kappa shape index (κ2) is 8.52. The second-order valence-corrected chi connectivity index (χ2v) is 5.68. The lowest BCUT2D eigenvalue weighted by Crippen LogP contribution is -2.36. The lowest BCUT2D eigenvalue weighted by Gasteiger charge is -2.19. The molecule has 2 N–H and O–H groups in total. The molecule has 0 spiro atoms. The number of nitrogens with one attached hydrogen (secondary N) is 1. The average molecular weight is 255 g/mol. The molecule has 1 aliphatic carbocycles. The Hall–Kier alpha value is -0.570. The number of carbonyl (C=O) groups is 1. The monoisotopic (exact) mass is 255 g/mol. The van der Waals surface area contributed by atoms with Crippen LogP contribution in [0.15, 0.2) is 0 Å². The summed E-state index contributed by atoms with van der Waals surface area (Å²) in [5.74, 6) is 1.03. The summed E-state index contributed by atoms with van der Waals surface area (Å²) < 4.78 is 0. The molecule has 3 heteroatoms. The van der Waals surface area contributed by atoms with Crippen LogP contribution in [0, 0.1) is 11.8 Å². The van der Waals surface area contributed by atoms with Crippen LogP contribution in [0.3, 0.4) is 0 Å². The van der Waals surface area contributed by atoms with Gasteiger partial charge < -0.3 is 10.4 Å². The van der Waals surface area contributed by atoms with Crippen molar-refractivity contribution < 1.29 is 9.90 Å². The molecule has 0 heterocycles. The van der Waals surface area contributed by atoms with Crippen LogP contribution in [-0.4, -0.2) is 23.7 Å². The van der Waals surface area contributed by atoms with Gasteiger partial charge in [0.15, 0.2) is 0 Å². The molecule has 0 radical (unpaired) electrons. The third-order valence-electron chi connectivity index (χ3n) is 4.09. The number of aliphatic hydroxyl groups excluding tert-OH is 1. The van der Waals surface area contributed by atoms with Crippen LogP contribution in [0.4, 0.5) is 0 Å². The topological polar surface area (TPSA) is 49.3 Å². The predicted octanol–water partition coefficient (Wildman–Crippen LogP) is 2.87. The predicted molar refractivity (Wildman–Crippen MR) is 74.3 cm³/mol. The van der Waals surface area contributed by atoms with Crippen molar-refractivity contribution in [2.75, 3.05) is 6.54 Å². The minimum atomic E-state index is -0.386. The molecule has 0 aromatic rings. The van der Waals surface area contributed by atoms with E-state index in [0.29, 0.717) is 6.54 Å². The van der Waals surface area contributed by atoms with Crippen LogP contribution in [-0.2, 0) is 4.79 Å². The van der Waals surface area contributed by atoms with Gasteiger partial charge in [-0.3, -0.25) is 4.79 Å². The molecule has 1 amide bonds. The Kier molecular flexibility index (Phi) is 7.33. The molecule has 0 saturated heterocycles. The Balaban J connectivity index is 2.27. The Morgan fingerprint density at radius 3 is 2.56 bits per heavy atom. The molecule has 2 unspecified atom stereocenters. The first kappa shape index (κ1) is 15.5. The number of aliphatic hydroxyl groups is 1. The zero-order valence-corrected chi connectivity index (χ0v) is 12.0. The quantitative estimate of drug-likeness (QED) is 0.700. The van der Waals surface area contributed by atoms with Gasteiger partial charge in [0.25, 0.3) is 0 Å². The molecular weight excluding hydrogens is 226 g/mol. The lowest BCUT2D eigenvalue weighted by molar-refractivity contribution is -0.126. The Morgan fingerprint density at radius 1 is 1.33 bits per heavy atom. The SMILES string of the molecule is CCCC(O)CNC(=O)C(CC)CC1CCCC1. The third kappa shape index (κ3) is 5.38. The first-order valence-electron chi connectivity index (χ1n) is 7.63. The molecule has 18 heavy (non-hydrogen) atoms. The smallest absolute Gasteiger partial charge is 0.223 e. The number of carbonyl (C=O) groups excluding carboxylic acids is 1. The van der Waals surface area contributed by atoms with Crippen molar-refractivity contribution in [2.45, 2.75) is 71.3 Å². The van der Waals surface area contributed by atoms with E-state index >= 15 is 0 Å². The van der Waals surface area contributed by atoms with Crippen molar-refractivity contribution >= 4 is 5.91 Å². The summed E-state index contributed by atoms with van der Waals surface area (Å²) in [7, 11) is 0. The van der Waals surface area contributed by atoms with Crippen LogP contribution in [0.5, 0.6) is 0 Å². The standard InChI is InChI=1S/C15H29NO2/c1-3-7-14(17)11-16-15(18)13(4-2)10-12-8-5-6-9-12/h12-14,17H,3-11H2,1-2H3,(H,16,18). The van der Waals surface area contributed by atoms with E-state index < -0.39 is 0 Å². The van der Waals surface area contributed by atoms with Crippen molar-refractivity contribution in [3.63, 3.8) is 0 Å². The first-order chi connectivity index (χ1) is 8.67. The average Bonchev–Trinajstić information content (AvgIpc) is 2.86. The molecule has 0 aromatic heterocycles. The summed E-state index contributed by atoms with van der Waals surface area (Å²) in [5, 5.41) is 12.5. The number of hydrogen-bond donors (Lipinski definition) is 2. The van der Waals surface area contributed by atoms with Crippen molar-refractivity contribution in [1.82, 2.24) is 5.32 Å². The lowest BCUT2D eigenvalue weighted by atomic mass is 9.91. The van der Waals surface area contributed by atoms with Gasteiger partial charge in [-0.15, -0.1) is 0 Å². The van der Waals surface area contributed by atoms with Gasteiger partial charge in [0.05, 0.1) is 6.10 Å². The van der Waals surface area contributed by atoms with Crippen LogP contribution >= 0.6 is 0 Å².